The van der Waals surface area contributed by atoms with Crippen molar-refractivity contribution in [2.75, 3.05) is 72.5 Å². The maximum atomic E-state index is 12.9. The number of benzene rings is 1. The van der Waals surface area contributed by atoms with E-state index in [9.17, 15) is 25.3 Å². The molecule has 580 valence electrons. The van der Waals surface area contributed by atoms with Crippen molar-refractivity contribution in [2.24, 2.45) is 42.9 Å². The van der Waals surface area contributed by atoms with E-state index in [4.69, 9.17) is 83.5 Å². The fourth-order valence-corrected chi connectivity index (χ4v) is 26.0. The molecule has 12 aromatic rings. The van der Waals surface area contributed by atoms with Gasteiger partial charge in [-0.05, 0) is 112 Å². The van der Waals surface area contributed by atoms with Crippen LogP contribution in [0.3, 0.4) is 0 Å². The first kappa shape index (κ1) is 79.2. The van der Waals surface area contributed by atoms with Gasteiger partial charge in [0.2, 0.25) is 55.6 Å². The molecule has 0 amide bonds. The number of nitrogens with zero attached hydrogens (tertiary/aromatic N) is 12. The van der Waals surface area contributed by atoms with E-state index in [-0.39, 0.29) is 46.8 Å². The number of H-pyrrole nitrogens is 4. The molecule has 11 aromatic heterocycles. The summed E-state index contributed by atoms with van der Waals surface area (Å²) in [7, 11) is -1.47. The number of nitrogens with two attached hydrogens (primary N) is 4. The fourth-order valence-electron chi connectivity index (χ4n) is 13.0. The Kier molecular flexibility index (Phi) is 20.9. The highest BCUT2D eigenvalue weighted by atomic mass is 35.5. The van der Waals surface area contributed by atoms with E-state index in [1.807, 2.05) is 92.7 Å². The number of hydrogen-bond acceptors (Lipinski definition) is 25. The zero-order valence-corrected chi connectivity index (χ0v) is 70.2. The van der Waals surface area contributed by atoms with Gasteiger partial charge in [0.05, 0.1) is 157 Å². The molecule has 12 N–H and O–H groups in total. The number of sulfonamides is 2. The third-order valence-electron chi connectivity index (χ3n) is 18.8. The highest BCUT2D eigenvalue weighted by molar-refractivity contribution is 7.99. The Hall–Kier alpha value is -8.86. The topological polar surface area (TPSA) is 411 Å². The molecule has 4 aliphatic heterocycles. The Labute approximate surface area is 669 Å². The molecule has 2 unspecified atom stereocenters. The average molecular weight is 1730 g/mol. The number of pyridine rings is 2. The van der Waals surface area contributed by atoms with Crippen LogP contribution in [0.2, 0.25) is 20.1 Å². The van der Waals surface area contributed by atoms with E-state index in [2.05, 4.69) is 71.6 Å². The number of para-hydroxylation sites is 1. The molecule has 15 heterocycles. The molecule has 41 heteroatoms. The summed E-state index contributed by atoms with van der Waals surface area (Å²) in [5, 5.41) is 5.01. The quantitative estimate of drug-likeness (QED) is 0.0558. The smallest absolute Gasteiger partial charge is 0.241 e. The summed E-state index contributed by atoms with van der Waals surface area (Å²) in [5.41, 5.74) is 27.4. The highest BCUT2D eigenvalue weighted by Crippen LogP contribution is 2.50. The van der Waals surface area contributed by atoms with Gasteiger partial charge in [0.1, 0.15) is 50.9 Å². The van der Waals surface area contributed by atoms with E-state index in [0.29, 0.717) is 47.1 Å². The van der Waals surface area contributed by atoms with Gasteiger partial charge in [-0.15, -0.1) is 45.3 Å². The third-order valence-corrected chi connectivity index (χ3v) is 34.4. The lowest BCUT2D eigenvalue weighted by Crippen LogP contribution is -2.50. The maximum Gasteiger partial charge on any atom is 0.241 e. The molecule has 0 fully saturated rings. The minimum Gasteiger partial charge on any atom is -0.495 e. The molecular formula is C69H74Cl4N20O9S8. The van der Waals surface area contributed by atoms with E-state index < -0.39 is 61.6 Å². The first-order chi connectivity index (χ1) is 51.6. The molecule has 0 radical (unpaired) electrons. The number of aliphatic imine (C=N–C) groups is 4. The molecule has 29 nitrogen and oxygen atoms in total. The zero-order chi connectivity index (χ0) is 79.5. The Balaban J connectivity index is 0.000000129. The normalized spacial score (nSPS) is 23.7. The Morgan fingerprint density at radius 3 is 1.25 bits per heavy atom. The van der Waals surface area contributed by atoms with Crippen LogP contribution in [0.4, 0.5) is 0 Å². The molecule has 16 rings (SSSR count). The number of fused-ring (bicyclic) bond motifs is 4. The predicted molar refractivity (Wildman–Crippen MR) is 452 cm³/mol. The lowest BCUT2D eigenvalue weighted by molar-refractivity contribution is 0.402. The summed E-state index contributed by atoms with van der Waals surface area (Å²) in [6.45, 7) is 7.23. The molecule has 0 saturated carbocycles. The van der Waals surface area contributed by atoms with Crippen LogP contribution in [0.25, 0.3) is 86.2 Å². The average Bonchev–Trinajstić information content (AvgIpc) is 1.57. The highest BCUT2D eigenvalue weighted by Gasteiger charge is 2.46. The van der Waals surface area contributed by atoms with Crippen molar-refractivity contribution >= 4 is 211 Å². The van der Waals surface area contributed by atoms with Crippen molar-refractivity contribution in [3.8, 4) is 59.8 Å². The van der Waals surface area contributed by atoms with Gasteiger partial charge in [0.15, 0.2) is 0 Å². The van der Waals surface area contributed by atoms with Gasteiger partial charge in [-0.2, -0.15) is 4.98 Å². The van der Waals surface area contributed by atoms with Crippen molar-refractivity contribution < 1.29 is 39.5 Å². The summed E-state index contributed by atoms with van der Waals surface area (Å²) in [4.78, 5) is 54.7. The number of methoxy groups -OCH3 is 3. The standard InChI is InChI=1S/C18H19ClN4O3S2.C17H19ClN6O2S2.C17H18ClN5O3S2.C17H18ClN5OS2/c1-18(9-28(24,25)23(2)17(20)22-18)16-11(19)8-14(27-16)12-7-10-5-4-6-13(26-3)15(10)21-12;1-17(7-28(4,25)24(2)16(19)23-17)14-9(18)5-12(27-14)10-6-11-13(22-10)15(26-3)21-8-20-11;1-17(8-28(24,25)23(2)16(19)22-17)14-10(18)7-12(27-14)11-6-9-4-5-20-15(26-3)13(9)21-11;1-17(9-26(3,24)23(2)16(19)22-17)14-11(18)8-13(25-14)12-7-10-5-4-6-20-15(10)21-12/h4-8,21H,9H2,1-3H3,(H2,20,22);5-6,8,22H,4,7H2,1-3H3,(H2,19,23);4-7,21H,8H2,1-3H3,(H2,19,22);4-8H,3,9H2,1-2H3,(H2,19,22)(H,20,21)/t18-;17-,28?;17-;17-,26?/m0000/s1. The number of thiophene rings is 4. The van der Waals surface area contributed by atoms with Gasteiger partial charge >= 0.3 is 0 Å². The van der Waals surface area contributed by atoms with Gasteiger partial charge in [0.25, 0.3) is 0 Å². The molecular weight excluding hydrogens is 1650 g/mol. The summed E-state index contributed by atoms with van der Waals surface area (Å²) in [6, 6.07) is 26.9. The van der Waals surface area contributed by atoms with E-state index in [0.717, 1.165) is 105 Å². The number of hydrogen-bond donors (Lipinski definition) is 8. The van der Waals surface area contributed by atoms with Crippen molar-refractivity contribution in [1.29, 1.82) is 0 Å². The molecule has 0 bridgehead atoms. The van der Waals surface area contributed by atoms with Crippen LogP contribution in [-0.2, 0) is 61.6 Å². The number of aromatic nitrogens is 8. The number of halogens is 4. The van der Waals surface area contributed by atoms with E-state index >= 15 is 0 Å². The molecule has 6 atom stereocenters. The van der Waals surface area contributed by atoms with Gasteiger partial charge in [-0.3, -0.25) is 8.61 Å². The van der Waals surface area contributed by atoms with Crippen molar-refractivity contribution in [2.45, 2.75) is 49.9 Å². The third kappa shape index (κ3) is 14.8. The minimum absolute atomic E-state index is 0.0462. The monoisotopic (exact) mass is 1720 g/mol. The number of rotatable bonds is 11. The van der Waals surface area contributed by atoms with Gasteiger partial charge in [0, 0.05) is 56.7 Å². The maximum absolute atomic E-state index is 12.9. The van der Waals surface area contributed by atoms with Gasteiger partial charge < -0.3 is 57.1 Å². The number of ether oxygens (including phenoxy) is 3. The molecule has 1 aromatic carbocycles. The van der Waals surface area contributed by atoms with Crippen LogP contribution in [-0.4, -0.2) is 190 Å². The van der Waals surface area contributed by atoms with Crippen molar-refractivity contribution in [1.82, 2.24) is 57.1 Å². The van der Waals surface area contributed by atoms with E-state index in [1.165, 1.54) is 74.4 Å². The number of guanidine groups is 4. The Bertz CT molecular complexity index is 5820. The first-order valence-corrected chi connectivity index (χ1v) is 44.5. The zero-order valence-electron chi connectivity index (χ0n) is 60.7. The molecule has 0 saturated heterocycles. The van der Waals surface area contributed by atoms with Crippen molar-refractivity contribution in [3.63, 3.8) is 0 Å². The summed E-state index contributed by atoms with van der Waals surface area (Å²) in [6.07, 6.45) is 4.87. The number of aromatic amines is 4. The second-order valence-electron chi connectivity index (χ2n) is 26.9. The summed E-state index contributed by atoms with van der Waals surface area (Å²) >= 11 is 31.9. The molecule has 4 aliphatic rings. The van der Waals surface area contributed by atoms with Gasteiger partial charge in [-0.1, -0.05) is 58.5 Å². The predicted octanol–water partition coefficient (Wildman–Crippen LogP) is 11.6. The second kappa shape index (κ2) is 29.0. The van der Waals surface area contributed by atoms with Crippen LogP contribution in [0.1, 0.15) is 47.2 Å². The van der Waals surface area contributed by atoms with Crippen LogP contribution in [0.5, 0.6) is 17.5 Å². The van der Waals surface area contributed by atoms with Crippen LogP contribution in [0.15, 0.2) is 124 Å². The number of nitrogens with one attached hydrogen (secondary N) is 4. The fraction of sp³-hybridized carbons (Fsp3) is 0.275. The molecule has 0 spiro atoms. The molecule has 110 heavy (non-hydrogen) atoms. The Morgan fingerprint density at radius 2 is 0.818 bits per heavy atom. The lowest BCUT2D eigenvalue weighted by Gasteiger charge is -2.36. The minimum atomic E-state index is -3.58. The van der Waals surface area contributed by atoms with Crippen LogP contribution >= 0.6 is 91.8 Å². The second-order valence-corrected chi connectivity index (χ2v) is 41.5. The lowest BCUT2D eigenvalue weighted by atomic mass is 10.0. The summed E-state index contributed by atoms with van der Waals surface area (Å²) in [5.74, 6) is 9.77. The van der Waals surface area contributed by atoms with Crippen molar-refractivity contribution in [3.05, 3.63) is 143 Å². The van der Waals surface area contributed by atoms with Gasteiger partial charge in [-0.25, -0.2) is 68.8 Å². The van der Waals surface area contributed by atoms with Crippen LogP contribution < -0.4 is 37.1 Å². The largest absolute Gasteiger partial charge is 0.495 e. The van der Waals surface area contributed by atoms with E-state index in [1.54, 1.807) is 67.7 Å². The summed E-state index contributed by atoms with van der Waals surface area (Å²) < 4.78 is 96.4. The Morgan fingerprint density at radius 1 is 0.436 bits per heavy atom. The molecule has 0 aliphatic carbocycles. The van der Waals surface area contributed by atoms with Crippen LogP contribution in [0, 0.1) is 0 Å². The SMILES string of the molecule is C=S1(=O)C[C@@](C)(c2sc(-c3cc4cccnc4[nH]3)cc2Cl)N=C(N)N1C.C=S1(=O)C[C@@](C)(c2sc(-c3cc4ncnc(OC)c4[nH]3)cc2Cl)N=C(N)N1C.COc1cccc2cc(-c3cc(Cl)c([C@]4(C)CS(=O)(=O)N(C)C(N)=N4)s3)[nH]c12.COc1nccc2cc(-c3cc(Cl)c([C@]4(C)CS(=O)(=O)N(C)C(N)=N4)s3)[nH]c12. The first-order valence-electron chi connectivity index (χ1n) is 32.8.